The van der Waals surface area contributed by atoms with Crippen LogP contribution in [0, 0.1) is 11.3 Å². The molecule has 1 rings (SSSR count). The lowest BCUT2D eigenvalue weighted by atomic mass is 9.67. The normalized spacial score (nSPS) is 26.3. The molecule has 0 fully saturated rings. The zero-order valence-electron chi connectivity index (χ0n) is 9.63. The van der Waals surface area contributed by atoms with E-state index in [0.717, 1.165) is 12.8 Å². The van der Waals surface area contributed by atoms with Gasteiger partial charge in [-0.2, -0.15) is 0 Å². The van der Waals surface area contributed by atoms with Gasteiger partial charge in [-0.3, -0.25) is 4.79 Å². The van der Waals surface area contributed by atoms with Crippen molar-refractivity contribution in [3.8, 4) is 0 Å². The van der Waals surface area contributed by atoms with Crippen molar-refractivity contribution in [3.63, 3.8) is 0 Å². The third-order valence-electron chi connectivity index (χ3n) is 3.11. The van der Waals surface area contributed by atoms with Crippen LogP contribution in [0.1, 0.15) is 40.5 Å². The van der Waals surface area contributed by atoms with E-state index in [-0.39, 0.29) is 17.1 Å². The van der Waals surface area contributed by atoms with Gasteiger partial charge in [-0.15, -0.1) is 0 Å². The molecule has 0 unspecified atom stereocenters. The number of carbonyl (C=O) groups excluding carboxylic acids is 1. The van der Waals surface area contributed by atoms with E-state index in [0.29, 0.717) is 0 Å². The molecule has 0 saturated carbocycles. The summed E-state index contributed by atoms with van der Waals surface area (Å²) in [6.45, 7) is 8.35. The molecular weight excluding hydrogens is 172 g/mol. The molecule has 1 atom stereocenters. The maximum atomic E-state index is 11.9. The molecule has 0 saturated heterocycles. The molecule has 0 aromatic rings. The van der Waals surface area contributed by atoms with Crippen molar-refractivity contribution in [2.24, 2.45) is 11.3 Å². The second-order valence-electron chi connectivity index (χ2n) is 4.81. The number of ketones is 1. The minimum atomic E-state index is 0.0902. The standard InChI is InChI=1S/C13H20O/c1-5-7-11(14)12-10(2)8-6-9-13(12,3)4/h5,7-8,12H,6,9H2,1-4H3/t12-/m1/s1. The van der Waals surface area contributed by atoms with Crippen molar-refractivity contribution in [1.29, 1.82) is 0 Å². The first-order valence-electron chi connectivity index (χ1n) is 5.32. The summed E-state index contributed by atoms with van der Waals surface area (Å²) in [4.78, 5) is 11.9. The van der Waals surface area contributed by atoms with Gasteiger partial charge in [0, 0.05) is 5.92 Å². The van der Waals surface area contributed by atoms with Crippen molar-refractivity contribution >= 4 is 5.78 Å². The molecule has 0 heterocycles. The third kappa shape index (κ3) is 2.14. The molecule has 78 valence electrons. The molecule has 0 aliphatic heterocycles. The highest BCUT2D eigenvalue weighted by Crippen LogP contribution is 2.41. The number of allylic oxidation sites excluding steroid dienone is 4. The van der Waals surface area contributed by atoms with E-state index in [1.54, 1.807) is 6.08 Å². The predicted octanol–water partition coefficient (Wildman–Crippen LogP) is 3.51. The molecule has 0 N–H and O–H groups in total. The second kappa shape index (κ2) is 4.12. The van der Waals surface area contributed by atoms with Crippen molar-refractivity contribution < 1.29 is 4.79 Å². The highest BCUT2D eigenvalue weighted by Gasteiger charge is 2.36. The smallest absolute Gasteiger partial charge is 0.162 e. The Hall–Kier alpha value is -0.850. The molecule has 1 aliphatic rings. The van der Waals surface area contributed by atoms with E-state index in [2.05, 4.69) is 26.8 Å². The Labute approximate surface area is 86.9 Å². The fourth-order valence-corrected chi connectivity index (χ4v) is 2.42. The average molecular weight is 192 g/mol. The zero-order chi connectivity index (χ0) is 10.8. The Balaban J connectivity index is 2.97. The molecule has 1 aliphatic carbocycles. The maximum Gasteiger partial charge on any atom is 0.162 e. The van der Waals surface area contributed by atoms with E-state index in [1.165, 1.54) is 5.57 Å². The molecule has 0 bridgehead atoms. The topological polar surface area (TPSA) is 17.1 Å². The van der Waals surface area contributed by atoms with E-state index in [1.807, 2.05) is 13.0 Å². The van der Waals surface area contributed by atoms with Gasteiger partial charge in [-0.25, -0.2) is 0 Å². The number of hydrogen-bond acceptors (Lipinski definition) is 1. The van der Waals surface area contributed by atoms with Crippen LogP contribution < -0.4 is 0 Å². The van der Waals surface area contributed by atoms with Gasteiger partial charge in [0.1, 0.15) is 0 Å². The van der Waals surface area contributed by atoms with E-state index < -0.39 is 0 Å². The van der Waals surface area contributed by atoms with Crippen LogP contribution in [0.2, 0.25) is 0 Å². The Kier molecular flexibility index (Phi) is 3.30. The van der Waals surface area contributed by atoms with Gasteiger partial charge in [-0.05, 0) is 38.2 Å². The zero-order valence-corrected chi connectivity index (χ0v) is 9.63. The molecule has 1 nitrogen and oxygen atoms in total. The van der Waals surface area contributed by atoms with E-state index in [9.17, 15) is 4.79 Å². The summed E-state index contributed by atoms with van der Waals surface area (Å²) < 4.78 is 0. The fourth-order valence-electron chi connectivity index (χ4n) is 2.42. The number of rotatable bonds is 2. The molecule has 0 radical (unpaired) electrons. The Bertz CT molecular complexity index is 282. The van der Waals surface area contributed by atoms with E-state index >= 15 is 0 Å². The lowest BCUT2D eigenvalue weighted by Crippen LogP contribution is -2.33. The van der Waals surface area contributed by atoms with Gasteiger partial charge in [0.05, 0.1) is 0 Å². The Morgan fingerprint density at radius 2 is 2.21 bits per heavy atom. The van der Waals surface area contributed by atoms with Gasteiger partial charge >= 0.3 is 0 Å². The largest absolute Gasteiger partial charge is 0.294 e. The van der Waals surface area contributed by atoms with Gasteiger partial charge < -0.3 is 0 Å². The highest BCUT2D eigenvalue weighted by molar-refractivity contribution is 5.94. The Morgan fingerprint density at radius 3 is 2.71 bits per heavy atom. The average Bonchev–Trinajstić information content (AvgIpc) is 2.02. The predicted molar refractivity (Wildman–Crippen MR) is 60.1 cm³/mol. The Morgan fingerprint density at radius 1 is 1.57 bits per heavy atom. The summed E-state index contributed by atoms with van der Waals surface area (Å²) >= 11 is 0. The summed E-state index contributed by atoms with van der Waals surface area (Å²) in [5, 5.41) is 0. The number of hydrogen-bond donors (Lipinski definition) is 0. The third-order valence-corrected chi connectivity index (χ3v) is 3.11. The molecule has 0 aromatic heterocycles. The summed E-state index contributed by atoms with van der Waals surface area (Å²) in [6.07, 6.45) is 7.96. The van der Waals surface area contributed by atoms with E-state index in [4.69, 9.17) is 0 Å². The van der Waals surface area contributed by atoms with Crippen molar-refractivity contribution in [3.05, 3.63) is 23.8 Å². The SMILES string of the molecule is CC=CC(=O)[C@H]1C(C)=CCCC1(C)C. The fraction of sp³-hybridized carbons (Fsp3) is 0.615. The van der Waals surface area contributed by atoms with Crippen molar-refractivity contribution in [2.45, 2.75) is 40.5 Å². The van der Waals surface area contributed by atoms with Gasteiger partial charge in [-0.1, -0.05) is 31.6 Å². The summed E-state index contributed by atoms with van der Waals surface area (Å²) in [5.41, 5.74) is 1.36. The van der Waals surface area contributed by atoms with Gasteiger partial charge in [0.2, 0.25) is 0 Å². The van der Waals surface area contributed by atoms with Crippen LogP contribution in [0.15, 0.2) is 23.8 Å². The van der Waals surface area contributed by atoms with Crippen LogP contribution in [-0.4, -0.2) is 5.78 Å². The van der Waals surface area contributed by atoms with Crippen LogP contribution in [0.4, 0.5) is 0 Å². The lowest BCUT2D eigenvalue weighted by Gasteiger charge is -2.36. The first kappa shape index (κ1) is 11.2. The summed E-state index contributed by atoms with van der Waals surface area (Å²) in [6, 6.07) is 0. The summed E-state index contributed by atoms with van der Waals surface area (Å²) in [7, 11) is 0. The van der Waals surface area contributed by atoms with Crippen molar-refractivity contribution in [1.82, 2.24) is 0 Å². The van der Waals surface area contributed by atoms with Crippen LogP contribution in [0.3, 0.4) is 0 Å². The van der Waals surface area contributed by atoms with Crippen LogP contribution >= 0.6 is 0 Å². The van der Waals surface area contributed by atoms with Crippen LogP contribution in [0.25, 0.3) is 0 Å². The van der Waals surface area contributed by atoms with Gasteiger partial charge in [0.15, 0.2) is 5.78 Å². The van der Waals surface area contributed by atoms with Crippen LogP contribution in [-0.2, 0) is 4.79 Å². The molecule has 14 heavy (non-hydrogen) atoms. The number of carbonyl (C=O) groups is 1. The lowest BCUT2D eigenvalue weighted by molar-refractivity contribution is -0.120. The minimum absolute atomic E-state index is 0.0902. The molecule has 0 aromatic carbocycles. The molecule has 0 amide bonds. The monoisotopic (exact) mass is 192 g/mol. The highest BCUT2D eigenvalue weighted by atomic mass is 16.1. The first-order valence-corrected chi connectivity index (χ1v) is 5.32. The van der Waals surface area contributed by atoms with Crippen molar-refractivity contribution in [2.75, 3.05) is 0 Å². The minimum Gasteiger partial charge on any atom is -0.294 e. The van der Waals surface area contributed by atoms with Gasteiger partial charge in [0.25, 0.3) is 0 Å². The van der Waals surface area contributed by atoms with Crippen LogP contribution in [0.5, 0.6) is 0 Å². The quantitative estimate of drug-likeness (QED) is 0.483. The second-order valence-corrected chi connectivity index (χ2v) is 4.81. The molecule has 1 heteroatoms. The molecule has 0 spiro atoms. The maximum absolute atomic E-state index is 11.9. The summed E-state index contributed by atoms with van der Waals surface area (Å²) in [5.74, 6) is 0.346. The first-order chi connectivity index (χ1) is 6.49. The molecular formula is C13H20O.